The Morgan fingerprint density at radius 1 is 1.14 bits per heavy atom. The maximum Gasteiger partial charge on any atom is 0.0558 e. The Kier molecular flexibility index (Phi) is 3.10. The van der Waals surface area contributed by atoms with Crippen LogP contribution < -0.4 is 0 Å². The molecule has 1 spiro atoms. The molecule has 0 amide bonds. The van der Waals surface area contributed by atoms with Gasteiger partial charge in [-0.15, -0.1) is 0 Å². The van der Waals surface area contributed by atoms with E-state index in [1.165, 1.54) is 45.3 Å². The summed E-state index contributed by atoms with van der Waals surface area (Å²) in [5.74, 6) is 0. The zero-order valence-electron chi connectivity index (χ0n) is 9.21. The second-order valence-corrected chi connectivity index (χ2v) is 4.81. The molecule has 2 rings (SSSR count). The molecule has 0 saturated carbocycles. The van der Waals surface area contributed by atoms with Crippen LogP contribution >= 0.6 is 0 Å². The summed E-state index contributed by atoms with van der Waals surface area (Å²) in [7, 11) is 2.27. The van der Waals surface area contributed by atoms with Gasteiger partial charge in [-0.25, -0.2) is 0 Å². The SMILES string of the molecule is CN1CCCC12CCN(CCO)CC2. The molecule has 3 nitrogen and oxygen atoms in total. The number of hydrogen-bond donors (Lipinski definition) is 1. The Bertz CT molecular complexity index is 188. The molecule has 2 fully saturated rings. The molecule has 14 heavy (non-hydrogen) atoms. The number of piperidine rings is 1. The van der Waals surface area contributed by atoms with E-state index in [4.69, 9.17) is 5.11 Å². The lowest BCUT2D eigenvalue weighted by molar-refractivity contribution is 0.0622. The first-order chi connectivity index (χ1) is 6.77. The molecular weight excluding hydrogens is 176 g/mol. The zero-order valence-corrected chi connectivity index (χ0v) is 9.21. The summed E-state index contributed by atoms with van der Waals surface area (Å²) in [5.41, 5.74) is 0.520. The minimum atomic E-state index is 0.308. The van der Waals surface area contributed by atoms with Crippen LogP contribution in [0.3, 0.4) is 0 Å². The lowest BCUT2D eigenvalue weighted by Gasteiger charge is -2.43. The van der Waals surface area contributed by atoms with Crippen LogP contribution in [0.15, 0.2) is 0 Å². The highest BCUT2D eigenvalue weighted by Crippen LogP contribution is 2.36. The number of aliphatic hydroxyl groups excluding tert-OH is 1. The van der Waals surface area contributed by atoms with E-state index in [9.17, 15) is 0 Å². The van der Waals surface area contributed by atoms with Gasteiger partial charge in [0.2, 0.25) is 0 Å². The molecule has 2 aliphatic rings. The second kappa shape index (κ2) is 4.17. The molecule has 0 aromatic carbocycles. The number of likely N-dealkylation sites (tertiary alicyclic amines) is 2. The first kappa shape index (κ1) is 10.4. The summed E-state index contributed by atoms with van der Waals surface area (Å²) in [4.78, 5) is 4.95. The standard InChI is InChI=1S/C11H22N2O/c1-12-6-2-3-11(12)4-7-13(8-5-11)9-10-14/h14H,2-10H2,1H3. The zero-order chi connectivity index (χ0) is 10.0. The van der Waals surface area contributed by atoms with E-state index in [0.29, 0.717) is 12.1 Å². The van der Waals surface area contributed by atoms with E-state index in [0.717, 1.165) is 6.54 Å². The first-order valence-electron chi connectivity index (χ1n) is 5.81. The number of nitrogens with zero attached hydrogens (tertiary/aromatic N) is 2. The molecule has 0 aliphatic carbocycles. The highest BCUT2D eigenvalue weighted by molar-refractivity contribution is 4.97. The van der Waals surface area contributed by atoms with Crippen molar-refractivity contribution in [3.63, 3.8) is 0 Å². The molecule has 0 aromatic rings. The number of rotatable bonds is 2. The van der Waals surface area contributed by atoms with Gasteiger partial charge in [-0.2, -0.15) is 0 Å². The van der Waals surface area contributed by atoms with Gasteiger partial charge in [0.25, 0.3) is 0 Å². The van der Waals surface area contributed by atoms with Crippen LogP contribution in [0.25, 0.3) is 0 Å². The van der Waals surface area contributed by atoms with Gasteiger partial charge in [0.1, 0.15) is 0 Å². The third kappa shape index (κ3) is 1.81. The molecule has 0 atom stereocenters. The van der Waals surface area contributed by atoms with E-state index >= 15 is 0 Å². The van der Waals surface area contributed by atoms with Crippen molar-refractivity contribution in [2.45, 2.75) is 31.2 Å². The average Bonchev–Trinajstić information content (AvgIpc) is 2.53. The number of β-amino-alcohol motifs (C(OH)–C–C–N with tert-alkyl or cyclic N) is 1. The average molecular weight is 198 g/mol. The van der Waals surface area contributed by atoms with Crippen LogP contribution in [0, 0.1) is 0 Å². The van der Waals surface area contributed by atoms with Crippen molar-refractivity contribution in [2.75, 3.05) is 39.8 Å². The van der Waals surface area contributed by atoms with Crippen molar-refractivity contribution in [1.29, 1.82) is 0 Å². The topological polar surface area (TPSA) is 26.7 Å². The Morgan fingerprint density at radius 2 is 1.86 bits per heavy atom. The smallest absolute Gasteiger partial charge is 0.0558 e. The van der Waals surface area contributed by atoms with Crippen LogP contribution in [-0.2, 0) is 0 Å². The lowest BCUT2D eigenvalue weighted by Crippen LogP contribution is -2.51. The summed E-state index contributed by atoms with van der Waals surface area (Å²) in [6.07, 6.45) is 5.35. The summed E-state index contributed by atoms with van der Waals surface area (Å²) in [6.45, 7) is 4.79. The predicted octanol–water partition coefficient (Wildman–Crippen LogP) is 0.539. The normalized spacial score (nSPS) is 28.7. The monoisotopic (exact) mass is 198 g/mol. The van der Waals surface area contributed by atoms with Crippen molar-refractivity contribution in [2.24, 2.45) is 0 Å². The van der Waals surface area contributed by atoms with E-state index in [2.05, 4.69) is 16.8 Å². The van der Waals surface area contributed by atoms with Gasteiger partial charge in [0, 0.05) is 12.1 Å². The maximum absolute atomic E-state index is 8.88. The molecule has 3 heteroatoms. The lowest BCUT2D eigenvalue weighted by atomic mass is 9.85. The summed E-state index contributed by atoms with van der Waals surface area (Å²) in [5, 5.41) is 8.88. The molecule has 2 saturated heterocycles. The Morgan fingerprint density at radius 3 is 2.36 bits per heavy atom. The number of hydrogen-bond acceptors (Lipinski definition) is 3. The van der Waals surface area contributed by atoms with Gasteiger partial charge >= 0.3 is 0 Å². The molecule has 2 aliphatic heterocycles. The molecule has 1 N–H and O–H groups in total. The predicted molar refractivity (Wildman–Crippen MR) is 57.4 cm³/mol. The van der Waals surface area contributed by atoms with Crippen LogP contribution in [0.1, 0.15) is 25.7 Å². The molecule has 82 valence electrons. The molecule has 0 radical (unpaired) electrons. The van der Waals surface area contributed by atoms with Crippen molar-refractivity contribution in [3.05, 3.63) is 0 Å². The highest BCUT2D eigenvalue weighted by atomic mass is 16.3. The van der Waals surface area contributed by atoms with Gasteiger partial charge in [0.15, 0.2) is 0 Å². The van der Waals surface area contributed by atoms with E-state index in [1.54, 1.807) is 0 Å². The fourth-order valence-electron chi connectivity index (χ4n) is 3.04. The van der Waals surface area contributed by atoms with Crippen molar-refractivity contribution < 1.29 is 5.11 Å². The highest BCUT2D eigenvalue weighted by Gasteiger charge is 2.40. The maximum atomic E-state index is 8.88. The Labute approximate surface area is 86.7 Å². The Balaban J connectivity index is 1.88. The van der Waals surface area contributed by atoms with Crippen LogP contribution in [0.5, 0.6) is 0 Å². The first-order valence-corrected chi connectivity index (χ1v) is 5.81. The van der Waals surface area contributed by atoms with Gasteiger partial charge in [0.05, 0.1) is 6.61 Å². The van der Waals surface area contributed by atoms with Gasteiger partial charge in [-0.3, -0.25) is 0 Å². The van der Waals surface area contributed by atoms with E-state index in [-0.39, 0.29) is 0 Å². The fourth-order valence-corrected chi connectivity index (χ4v) is 3.04. The molecule has 0 unspecified atom stereocenters. The second-order valence-electron chi connectivity index (χ2n) is 4.81. The van der Waals surface area contributed by atoms with Crippen LogP contribution in [-0.4, -0.2) is 60.3 Å². The molecule has 2 heterocycles. The Hall–Kier alpha value is -0.120. The summed E-state index contributed by atoms with van der Waals surface area (Å²) < 4.78 is 0. The fraction of sp³-hybridized carbons (Fsp3) is 1.00. The van der Waals surface area contributed by atoms with E-state index in [1.807, 2.05) is 0 Å². The van der Waals surface area contributed by atoms with Gasteiger partial charge in [-0.1, -0.05) is 0 Å². The van der Waals surface area contributed by atoms with Crippen molar-refractivity contribution in [1.82, 2.24) is 9.80 Å². The minimum Gasteiger partial charge on any atom is -0.395 e. The third-order valence-corrected chi connectivity index (χ3v) is 4.15. The molecular formula is C11H22N2O. The number of aliphatic hydroxyl groups is 1. The van der Waals surface area contributed by atoms with Gasteiger partial charge < -0.3 is 14.9 Å². The largest absolute Gasteiger partial charge is 0.395 e. The molecule has 0 bridgehead atoms. The summed E-state index contributed by atoms with van der Waals surface area (Å²) >= 11 is 0. The van der Waals surface area contributed by atoms with Crippen LogP contribution in [0.4, 0.5) is 0 Å². The summed E-state index contributed by atoms with van der Waals surface area (Å²) in [6, 6.07) is 0. The third-order valence-electron chi connectivity index (χ3n) is 4.15. The quantitative estimate of drug-likeness (QED) is 0.701. The van der Waals surface area contributed by atoms with Crippen molar-refractivity contribution in [3.8, 4) is 0 Å². The van der Waals surface area contributed by atoms with Crippen LogP contribution in [0.2, 0.25) is 0 Å². The van der Waals surface area contributed by atoms with Gasteiger partial charge in [-0.05, 0) is 52.4 Å². The van der Waals surface area contributed by atoms with Crippen molar-refractivity contribution >= 4 is 0 Å². The minimum absolute atomic E-state index is 0.308. The van der Waals surface area contributed by atoms with E-state index < -0.39 is 0 Å². The molecule has 0 aromatic heterocycles.